The van der Waals surface area contributed by atoms with E-state index in [1.165, 1.54) is 0 Å². The van der Waals surface area contributed by atoms with Gasteiger partial charge < -0.3 is 9.73 Å². The Morgan fingerprint density at radius 3 is 3.00 bits per heavy atom. The Kier molecular flexibility index (Phi) is 2.25. The molecule has 2 heterocycles. The first-order valence-corrected chi connectivity index (χ1v) is 5.72. The summed E-state index contributed by atoms with van der Waals surface area (Å²) in [5.41, 5.74) is 3.04. The lowest BCUT2D eigenvalue weighted by atomic mass is 10.1. The first-order chi connectivity index (χ1) is 8.24. The van der Waals surface area contributed by atoms with Gasteiger partial charge >= 0.3 is 0 Å². The van der Waals surface area contributed by atoms with Gasteiger partial charge in [-0.15, -0.1) is 0 Å². The van der Waals surface area contributed by atoms with Gasteiger partial charge in [0.2, 0.25) is 0 Å². The largest absolute Gasteiger partial charge is 0.453 e. The van der Waals surface area contributed by atoms with Crippen molar-refractivity contribution in [3.05, 3.63) is 42.2 Å². The summed E-state index contributed by atoms with van der Waals surface area (Å²) in [6.45, 7) is 7.65. The van der Waals surface area contributed by atoms with Crippen LogP contribution in [0.5, 0.6) is 0 Å². The molecule has 1 aliphatic heterocycles. The molecule has 17 heavy (non-hydrogen) atoms. The Morgan fingerprint density at radius 1 is 1.41 bits per heavy atom. The summed E-state index contributed by atoms with van der Waals surface area (Å²) in [6.07, 6.45) is 0. The molecule has 0 fully saturated rings. The van der Waals surface area contributed by atoms with E-state index in [0.717, 1.165) is 46.8 Å². The fraction of sp³-hybridized carbons (Fsp3) is 0.214. The Balaban J connectivity index is 2.09. The number of benzene rings is 1. The average Bonchev–Trinajstić information content (AvgIpc) is 2.96. The monoisotopic (exact) mass is 226 g/mol. The van der Waals surface area contributed by atoms with Gasteiger partial charge in [-0.2, -0.15) is 0 Å². The summed E-state index contributed by atoms with van der Waals surface area (Å²) < 4.78 is 5.81. The highest BCUT2D eigenvalue weighted by Gasteiger charge is 2.13. The minimum Gasteiger partial charge on any atom is -0.453 e. The number of aliphatic imine (C=N–C) groups is 1. The van der Waals surface area contributed by atoms with Crippen molar-refractivity contribution in [3.63, 3.8) is 0 Å². The molecule has 1 aromatic carbocycles. The van der Waals surface area contributed by atoms with E-state index in [4.69, 9.17) is 4.42 Å². The summed E-state index contributed by atoms with van der Waals surface area (Å²) in [4.78, 5) is 4.35. The van der Waals surface area contributed by atoms with Crippen LogP contribution >= 0.6 is 0 Å². The molecule has 0 saturated carbocycles. The lowest BCUT2D eigenvalue weighted by molar-refractivity contribution is 0.602. The number of allylic oxidation sites excluding steroid dienone is 1. The molecule has 0 aliphatic carbocycles. The zero-order valence-corrected chi connectivity index (χ0v) is 9.79. The van der Waals surface area contributed by atoms with Gasteiger partial charge in [-0.3, -0.25) is 4.99 Å². The third kappa shape index (κ3) is 1.73. The molecule has 3 rings (SSSR count). The van der Waals surface area contributed by atoms with Gasteiger partial charge in [0.25, 0.3) is 0 Å². The first kappa shape index (κ1) is 10.1. The molecule has 0 unspecified atom stereocenters. The molecule has 0 bridgehead atoms. The number of fused-ring (bicyclic) bond motifs is 1. The van der Waals surface area contributed by atoms with Crippen molar-refractivity contribution in [1.29, 1.82) is 0 Å². The highest BCUT2D eigenvalue weighted by Crippen LogP contribution is 2.24. The maximum absolute atomic E-state index is 5.81. The predicted molar refractivity (Wildman–Crippen MR) is 70.3 cm³/mol. The highest BCUT2D eigenvalue weighted by atomic mass is 16.3. The Morgan fingerprint density at radius 2 is 2.29 bits per heavy atom. The molecule has 0 atom stereocenters. The van der Waals surface area contributed by atoms with Crippen molar-refractivity contribution in [2.75, 3.05) is 13.1 Å². The van der Waals surface area contributed by atoms with E-state index in [1.54, 1.807) is 0 Å². The first-order valence-electron chi connectivity index (χ1n) is 5.72. The summed E-state index contributed by atoms with van der Waals surface area (Å²) in [5, 5.41) is 4.31. The number of furan rings is 1. The van der Waals surface area contributed by atoms with Crippen LogP contribution < -0.4 is 5.32 Å². The van der Waals surface area contributed by atoms with E-state index < -0.39 is 0 Å². The molecule has 0 spiro atoms. The van der Waals surface area contributed by atoms with Crippen molar-refractivity contribution in [2.45, 2.75) is 6.92 Å². The SMILES string of the molecule is C=C(C)c1ccc2cc(C3=NCCN3)oc2c1. The Labute approximate surface area is 99.8 Å². The summed E-state index contributed by atoms with van der Waals surface area (Å²) in [5.74, 6) is 1.68. The predicted octanol–water partition coefficient (Wildman–Crippen LogP) is 2.82. The third-order valence-corrected chi connectivity index (χ3v) is 2.92. The van der Waals surface area contributed by atoms with Gasteiger partial charge in [0.05, 0.1) is 6.54 Å². The number of amidine groups is 1. The van der Waals surface area contributed by atoms with Gasteiger partial charge in [0, 0.05) is 11.9 Å². The third-order valence-electron chi connectivity index (χ3n) is 2.92. The molecular formula is C14H14N2O. The fourth-order valence-electron chi connectivity index (χ4n) is 1.98. The van der Waals surface area contributed by atoms with Crippen molar-refractivity contribution in [3.8, 4) is 0 Å². The number of hydrogen-bond donors (Lipinski definition) is 1. The van der Waals surface area contributed by atoms with E-state index in [1.807, 2.05) is 19.1 Å². The van der Waals surface area contributed by atoms with Crippen LogP contribution in [0.1, 0.15) is 18.2 Å². The molecule has 1 aliphatic rings. The van der Waals surface area contributed by atoms with Crippen LogP contribution in [-0.2, 0) is 0 Å². The van der Waals surface area contributed by atoms with Gasteiger partial charge in [-0.1, -0.05) is 24.3 Å². The van der Waals surface area contributed by atoms with E-state index >= 15 is 0 Å². The van der Waals surface area contributed by atoms with E-state index in [9.17, 15) is 0 Å². The minimum atomic E-state index is 0.816. The van der Waals surface area contributed by atoms with Crippen LogP contribution in [0.2, 0.25) is 0 Å². The van der Waals surface area contributed by atoms with Crippen molar-refractivity contribution in [1.82, 2.24) is 5.32 Å². The fourth-order valence-corrected chi connectivity index (χ4v) is 1.98. The van der Waals surface area contributed by atoms with Crippen LogP contribution in [0.4, 0.5) is 0 Å². The van der Waals surface area contributed by atoms with Crippen LogP contribution in [0, 0.1) is 0 Å². The lowest BCUT2D eigenvalue weighted by Crippen LogP contribution is -2.18. The Hall–Kier alpha value is -2.03. The second-order valence-corrected chi connectivity index (χ2v) is 4.30. The molecule has 2 aromatic rings. The second kappa shape index (κ2) is 3.77. The smallest absolute Gasteiger partial charge is 0.170 e. The summed E-state index contributed by atoms with van der Waals surface area (Å²) >= 11 is 0. The second-order valence-electron chi connectivity index (χ2n) is 4.30. The molecule has 3 nitrogen and oxygen atoms in total. The molecule has 1 N–H and O–H groups in total. The minimum absolute atomic E-state index is 0.816. The maximum atomic E-state index is 5.81. The van der Waals surface area contributed by atoms with Gasteiger partial charge in [-0.05, 0) is 24.6 Å². The van der Waals surface area contributed by atoms with Crippen LogP contribution in [0.25, 0.3) is 16.5 Å². The normalized spacial score (nSPS) is 14.8. The quantitative estimate of drug-likeness (QED) is 0.855. The highest BCUT2D eigenvalue weighted by molar-refractivity contribution is 6.00. The van der Waals surface area contributed by atoms with Crippen LogP contribution in [0.3, 0.4) is 0 Å². The van der Waals surface area contributed by atoms with Crippen LogP contribution in [0.15, 0.2) is 40.3 Å². The van der Waals surface area contributed by atoms with Crippen molar-refractivity contribution >= 4 is 22.4 Å². The maximum Gasteiger partial charge on any atom is 0.170 e. The molecule has 0 radical (unpaired) electrons. The summed E-state index contributed by atoms with van der Waals surface area (Å²) in [7, 11) is 0. The topological polar surface area (TPSA) is 37.5 Å². The van der Waals surface area contributed by atoms with Crippen molar-refractivity contribution in [2.24, 2.45) is 4.99 Å². The molecule has 86 valence electrons. The molecular weight excluding hydrogens is 212 g/mol. The number of nitrogens with zero attached hydrogens (tertiary/aromatic N) is 1. The Bertz CT molecular complexity index is 622. The zero-order chi connectivity index (χ0) is 11.8. The number of rotatable bonds is 2. The lowest BCUT2D eigenvalue weighted by Gasteiger charge is -1.98. The van der Waals surface area contributed by atoms with Gasteiger partial charge in [-0.25, -0.2) is 0 Å². The van der Waals surface area contributed by atoms with E-state index in [-0.39, 0.29) is 0 Å². The average molecular weight is 226 g/mol. The number of hydrogen-bond acceptors (Lipinski definition) is 3. The number of nitrogens with one attached hydrogen (secondary N) is 1. The molecule has 1 aromatic heterocycles. The van der Waals surface area contributed by atoms with Crippen LogP contribution in [-0.4, -0.2) is 18.9 Å². The standard InChI is InChI=1S/C14H14N2O/c1-9(2)10-3-4-11-8-13(17-12(11)7-10)14-15-5-6-16-14/h3-4,7-8H,1,5-6H2,2H3,(H,15,16). The zero-order valence-electron chi connectivity index (χ0n) is 9.79. The summed E-state index contributed by atoms with van der Waals surface area (Å²) in [6, 6.07) is 8.17. The molecule has 3 heteroatoms. The van der Waals surface area contributed by atoms with E-state index in [2.05, 4.69) is 29.0 Å². The molecule has 0 saturated heterocycles. The van der Waals surface area contributed by atoms with Crippen molar-refractivity contribution < 1.29 is 4.42 Å². The van der Waals surface area contributed by atoms with E-state index in [0.29, 0.717) is 0 Å². The molecule has 0 amide bonds. The van der Waals surface area contributed by atoms with Gasteiger partial charge in [0.15, 0.2) is 11.6 Å². The van der Waals surface area contributed by atoms with Gasteiger partial charge in [0.1, 0.15) is 5.58 Å².